The van der Waals surface area contributed by atoms with Gasteiger partial charge in [0.05, 0.1) is 5.69 Å². The van der Waals surface area contributed by atoms with Crippen LogP contribution in [0.1, 0.15) is 30.5 Å². The van der Waals surface area contributed by atoms with Crippen LogP contribution in [0.5, 0.6) is 5.75 Å². The Bertz CT molecular complexity index is 1270. The van der Waals surface area contributed by atoms with Crippen molar-refractivity contribution in [2.75, 3.05) is 5.73 Å². The number of ether oxygens (including phenoxy) is 1. The lowest BCUT2D eigenvalue weighted by atomic mass is 9.97. The fourth-order valence-corrected chi connectivity index (χ4v) is 3.84. The van der Waals surface area contributed by atoms with Crippen molar-refractivity contribution >= 4 is 5.82 Å². The minimum Gasteiger partial charge on any atom is -0.489 e. The Kier molecular flexibility index (Phi) is 6.71. The van der Waals surface area contributed by atoms with Gasteiger partial charge >= 0.3 is 0 Å². The highest BCUT2D eigenvalue weighted by Crippen LogP contribution is 2.33. The van der Waals surface area contributed by atoms with Crippen LogP contribution in [-0.4, -0.2) is 4.98 Å². The highest BCUT2D eigenvalue weighted by molar-refractivity contribution is 5.80. The Labute approximate surface area is 195 Å². The van der Waals surface area contributed by atoms with Crippen molar-refractivity contribution in [1.82, 2.24) is 4.98 Å². The van der Waals surface area contributed by atoms with Crippen LogP contribution in [0.4, 0.5) is 5.82 Å². The third kappa shape index (κ3) is 5.39. The summed E-state index contributed by atoms with van der Waals surface area (Å²) in [5.41, 5.74) is 12.3. The Hall–Kier alpha value is -4.10. The number of nitriles is 1. The number of nitrogens with zero attached hydrogens (tertiary/aromatic N) is 2. The second-order valence-corrected chi connectivity index (χ2v) is 8.52. The topological polar surface area (TPSA) is 71.9 Å². The summed E-state index contributed by atoms with van der Waals surface area (Å²) in [7, 11) is 0. The summed E-state index contributed by atoms with van der Waals surface area (Å²) in [6.07, 6.45) is 1.03. The zero-order valence-corrected chi connectivity index (χ0v) is 19.0. The molecule has 0 unspecified atom stereocenters. The van der Waals surface area contributed by atoms with E-state index in [2.05, 4.69) is 49.2 Å². The average molecular weight is 434 g/mol. The van der Waals surface area contributed by atoms with E-state index in [1.54, 1.807) is 0 Å². The van der Waals surface area contributed by atoms with E-state index in [0.717, 1.165) is 40.1 Å². The molecule has 164 valence electrons. The third-order valence-electron chi connectivity index (χ3n) is 5.45. The molecule has 4 aromatic rings. The van der Waals surface area contributed by atoms with Gasteiger partial charge in [0, 0.05) is 11.1 Å². The number of nitrogens with two attached hydrogens (primary N) is 1. The number of hydrogen-bond donors (Lipinski definition) is 1. The molecule has 0 aliphatic rings. The predicted octanol–water partition coefficient (Wildman–Crippen LogP) is 6.65. The average Bonchev–Trinajstić information content (AvgIpc) is 2.83. The molecule has 0 radical (unpaired) electrons. The molecule has 0 spiro atoms. The Balaban J connectivity index is 1.66. The molecule has 1 aromatic heterocycles. The van der Waals surface area contributed by atoms with Crippen molar-refractivity contribution in [2.24, 2.45) is 5.92 Å². The summed E-state index contributed by atoms with van der Waals surface area (Å²) < 4.78 is 5.99. The highest BCUT2D eigenvalue weighted by atomic mass is 16.5. The van der Waals surface area contributed by atoms with Gasteiger partial charge in [-0.15, -0.1) is 0 Å². The van der Waals surface area contributed by atoms with Crippen LogP contribution in [-0.2, 0) is 13.0 Å². The first kappa shape index (κ1) is 22.1. The quantitative estimate of drug-likeness (QED) is 0.354. The molecule has 33 heavy (non-hydrogen) atoms. The van der Waals surface area contributed by atoms with Gasteiger partial charge in [-0.3, -0.25) is 0 Å². The lowest BCUT2D eigenvalue weighted by Gasteiger charge is -2.13. The van der Waals surface area contributed by atoms with Crippen LogP contribution in [0.25, 0.3) is 22.4 Å². The number of nitrogen functional groups attached to an aromatic ring is 1. The van der Waals surface area contributed by atoms with Gasteiger partial charge in [-0.2, -0.15) is 5.26 Å². The molecule has 0 aliphatic carbocycles. The fraction of sp³-hybridized carbons (Fsp3) is 0.172. The van der Waals surface area contributed by atoms with E-state index < -0.39 is 0 Å². The first-order valence-corrected chi connectivity index (χ1v) is 11.1. The third-order valence-corrected chi connectivity index (χ3v) is 5.45. The number of pyridine rings is 1. The second kappa shape index (κ2) is 10.0. The molecular formula is C29H27N3O. The fourth-order valence-electron chi connectivity index (χ4n) is 3.84. The summed E-state index contributed by atoms with van der Waals surface area (Å²) in [5.74, 6) is 1.56. The molecule has 4 nitrogen and oxygen atoms in total. The van der Waals surface area contributed by atoms with Gasteiger partial charge in [0.15, 0.2) is 0 Å². The first-order valence-electron chi connectivity index (χ1n) is 11.1. The van der Waals surface area contributed by atoms with Gasteiger partial charge in [-0.05, 0) is 47.2 Å². The molecule has 0 saturated heterocycles. The van der Waals surface area contributed by atoms with E-state index in [4.69, 9.17) is 10.5 Å². The largest absolute Gasteiger partial charge is 0.489 e. The Morgan fingerprint density at radius 1 is 0.879 bits per heavy atom. The molecule has 2 N–H and O–H groups in total. The van der Waals surface area contributed by atoms with Gasteiger partial charge in [-0.1, -0.05) is 80.6 Å². The van der Waals surface area contributed by atoms with Crippen molar-refractivity contribution in [3.63, 3.8) is 0 Å². The van der Waals surface area contributed by atoms with E-state index in [-0.39, 0.29) is 5.82 Å². The highest BCUT2D eigenvalue weighted by Gasteiger charge is 2.14. The number of benzene rings is 3. The molecule has 0 atom stereocenters. The predicted molar refractivity (Wildman–Crippen MR) is 134 cm³/mol. The number of anilines is 1. The summed E-state index contributed by atoms with van der Waals surface area (Å²) in [6.45, 7) is 4.89. The molecule has 4 heteroatoms. The molecule has 0 fully saturated rings. The van der Waals surface area contributed by atoms with Crippen LogP contribution in [0.3, 0.4) is 0 Å². The van der Waals surface area contributed by atoms with E-state index in [0.29, 0.717) is 18.1 Å². The zero-order valence-electron chi connectivity index (χ0n) is 19.0. The summed E-state index contributed by atoms with van der Waals surface area (Å²) in [4.78, 5) is 4.51. The molecule has 0 bridgehead atoms. The van der Waals surface area contributed by atoms with Crippen molar-refractivity contribution in [3.8, 4) is 34.2 Å². The van der Waals surface area contributed by atoms with Crippen molar-refractivity contribution in [3.05, 3.63) is 102 Å². The van der Waals surface area contributed by atoms with Crippen LogP contribution in [0.2, 0.25) is 0 Å². The maximum atomic E-state index is 9.76. The van der Waals surface area contributed by atoms with Crippen LogP contribution in [0.15, 0.2) is 84.9 Å². The van der Waals surface area contributed by atoms with Gasteiger partial charge in [0.1, 0.15) is 29.8 Å². The molecule has 0 amide bonds. The maximum absolute atomic E-state index is 9.76. The van der Waals surface area contributed by atoms with Gasteiger partial charge < -0.3 is 10.5 Å². The number of rotatable bonds is 7. The van der Waals surface area contributed by atoms with Gasteiger partial charge in [0.25, 0.3) is 0 Å². The second-order valence-electron chi connectivity index (χ2n) is 8.52. The smallest absolute Gasteiger partial charge is 0.142 e. The standard InChI is InChI=1S/C29H27N3O/c1-20(2)15-21-11-13-23(14-12-21)28-17-26(27(18-30)29(31)32-28)24-9-6-10-25(16-24)33-19-22-7-4-3-5-8-22/h3-14,16-17,20H,15,19H2,1-2H3,(H2,31,32). The number of aromatic nitrogens is 1. The summed E-state index contributed by atoms with van der Waals surface area (Å²) in [6, 6.07) is 30.3. The first-order chi connectivity index (χ1) is 16.0. The molecule has 3 aromatic carbocycles. The zero-order chi connectivity index (χ0) is 23.2. The Morgan fingerprint density at radius 2 is 1.64 bits per heavy atom. The van der Waals surface area contributed by atoms with E-state index in [1.165, 1.54) is 5.56 Å². The monoisotopic (exact) mass is 433 g/mol. The molecule has 0 saturated carbocycles. The minimum absolute atomic E-state index is 0.229. The van der Waals surface area contributed by atoms with E-state index in [9.17, 15) is 5.26 Å². The van der Waals surface area contributed by atoms with Crippen LogP contribution in [0, 0.1) is 17.2 Å². The lowest BCUT2D eigenvalue weighted by molar-refractivity contribution is 0.306. The van der Waals surface area contributed by atoms with Crippen molar-refractivity contribution in [1.29, 1.82) is 5.26 Å². The Morgan fingerprint density at radius 3 is 2.33 bits per heavy atom. The van der Waals surface area contributed by atoms with Crippen LogP contribution < -0.4 is 10.5 Å². The van der Waals surface area contributed by atoms with Gasteiger partial charge in [0.2, 0.25) is 0 Å². The number of hydrogen-bond acceptors (Lipinski definition) is 4. The van der Waals surface area contributed by atoms with Crippen molar-refractivity contribution in [2.45, 2.75) is 26.9 Å². The van der Waals surface area contributed by atoms with E-state index in [1.807, 2.05) is 60.7 Å². The molecule has 1 heterocycles. The SMILES string of the molecule is CC(C)Cc1ccc(-c2cc(-c3cccc(OCc4ccccc4)c3)c(C#N)c(N)n2)cc1. The summed E-state index contributed by atoms with van der Waals surface area (Å²) >= 11 is 0. The van der Waals surface area contributed by atoms with E-state index >= 15 is 0 Å². The van der Waals surface area contributed by atoms with Gasteiger partial charge in [-0.25, -0.2) is 4.98 Å². The van der Waals surface area contributed by atoms with Crippen molar-refractivity contribution < 1.29 is 4.74 Å². The normalized spacial score (nSPS) is 10.7. The molecule has 4 rings (SSSR count). The molecule has 0 aliphatic heterocycles. The van der Waals surface area contributed by atoms with Crippen LogP contribution >= 0.6 is 0 Å². The molecular weight excluding hydrogens is 406 g/mol. The lowest BCUT2D eigenvalue weighted by Crippen LogP contribution is -2.00. The maximum Gasteiger partial charge on any atom is 0.142 e. The minimum atomic E-state index is 0.229. The summed E-state index contributed by atoms with van der Waals surface area (Å²) in [5, 5.41) is 9.76.